The van der Waals surface area contributed by atoms with Gasteiger partial charge < -0.3 is 4.57 Å². The predicted octanol–water partition coefficient (Wildman–Crippen LogP) is 13.7. The maximum atomic E-state index is 5.07. The minimum Gasteiger partial charge on any atom is -0.309 e. The zero-order valence-electron chi connectivity index (χ0n) is 29.9. The molecule has 0 aliphatic heterocycles. The van der Waals surface area contributed by atoms with Crippen LogP contribution in [-0.4, -0.2) is 14.5 Å². The van der Waals surface area contributed by atoms with Crippen molar-refractivity contribution in [3.05, 3.63) is 200 Å². The van der Waals surface area contributed by atoms with Crippen molar-refractivity contribution in [2.75, 3.05) is 0 Å². The maximum Gasteiger partial charge on any atom is 0.160 e. The van der Waals surface area contributed by atoms with Crippen molar-refractivity contribution in [3.63, 3.8) is 0 Å². The van der Waals surface area contributed by atoms with E-state index in [0.29, 0.717) is 5.82 Å². The molecule has 0 spiro atoms. The molecule has 11 rings (SSSR count). The van der Waals surface area contributed by atoms with E-state index >= 15 is 0 Å². The van der Waals surface area contributed by atoms with Crippen molar-refractivity contribution in [2.24, 2.45) is 0 Å². The number of rotatable bonds is 5. The van der Waals surface area contributed by atoms with Gasteiger partial charge in [-0.15, -0.1) is 0 Å². The molecule has 0 radical (unpaired) electrons. The third kappa shape index (κ3) is 5.20. The molecule has 3 nitrogen and oxygen atoms in total. The van der Waals surface area contributed by atoms with Gasteiger partial charge in [0.25, 0.3) is 0 Å². The second-order valence-electron chi connectivity index (χ2n) is 14.2. The number of aromatic nitrogens is 3. The first kappa shape index (κ1) is 31.2. The Morgan fingerprint density at radius 3 is 1.64 bits per heavy atom. The number of para-hydroxylation sites is 1. The van der Waals surface area contributed by atoms with E-state index in [1.54, 1.807) is 0 Å². The molecule has 0 atom stereocenters. The second-order valence-corrected chi connectivity index (χ2v) is 14.2. The molecule has 0 amide bonds. The first-order chi connectivity index (χ1) is 27.3. The number of nitrogens with zero attached hydrogens (tertiary/aromatic N) is 3. The van der Waals surface area contributed by atoms with E-state index in [1.165, 1.54) is 65.3 Å². The molecule has 3 heteroatoms. The van der Waals surface area contributed by atoms with Crippen LogP contribution in [0.25, 0.3) is 105 Å². The SMILES string of the molecule is c1ccc(-c2cc(-c3ccccc3)nc(-c3ccc(-n4c5ccccc5c5c6ccc(-c7cc8ccccc8c8ccccc78)cc6ccc54)cc3)n2)cc1. The van der Waals surface area contributed by atoms with Crippen LogP contribution < -0.4 is 0 Å². The standard InChI is InChI=1S/C52H33N3/c1-3-13-34(14-4-1)47-33-48(35-15-5-2-6-16-35)54-52(53-47)36-23-27-40(28-24-36)55-49-22-12-11-21-45(49)51-42-29-25-39(31-38(42)26-30-50(51)55)46-32-37-17-7-8-18-41(37)43-19-9-10-20-44(43)46/h1-33H. The Morgan fingerprint density at radius 2 is 0.909 bits per heavy atom. The Bertz CT molecular complexity index is 3180. The summed E-state index contributed by atoms with van der Waals surface area (Å²) in [6, 6.07) is 71.5. The topological polar surface area (TPSA) is 30.7 Å². The summed E-state index contributed by atoms with van der Waals surface area (Å²) < 4.78 is 2.38. The third-order valence-corrected chi connectivity index (χ3v) is 11.0. The molecule has 11 aromatic rings. The molecule has 0 N–H and O–H groups in total. The van der Waals surface area contributed by atoms with Crippen molar-refractivity contribution in [1.82, 2.24) is 14.5 Å². The Hall–Kier alpha value is -7.36. The second kappa shape index (κ2) is 12.6. The number of hydrogen-bond acceptors (Lipinski definition) is 2. The Balaban J connectivity index is 1.04. The van der Waals surface area contributed by atoms with Crippen LogP contribution in [0.1, 0.15) is 0 Å². The summed E-state index contributed by atoms with van der Waals surface area (Å²) in [4.78, 5) is 10.1. The van der Waals surface area contributed by atoms with Crippen LogP contribution in [0.5, 0.6) is 0 Å². The third-order valence-electron chi connectivity index (χ3n) is 11.0. The summed E-state index contributed by atoms with van der Waals surface area (Å²) in [6.45, 7) is 0. The van der Waals surface area contributed by atoms with E-state index in [0.717, 1.165) is 33.8 Å². The van der Waals surface area contributed by atoms with Gasteiger partial charge in [0.05, 0.1) is 22.4 Å². The van der Waals surface area contributed by atoms with Crippen molar-refractivity contribution < 1.29 is 0 Å². The summed E-state index contributed by atoms with van der Waals surface area (Å²) in [5, 5.41) is 10.1. The van der Waals surface area contributed by atoms with Gasteiger partial charge in [0.1, 0.15) is 0 Å². The van der Waals surface area contributed by atoms with Crippen LogP contribution in [0.4, 0.5) is 0 Å². The molecule has 0 aliphatic carbocycles. The van der Waals surface area contributed by atoms with Gasteiger partial charge in [-0.1, -0.05) is 146 Å². The van der Waals surface area contributed by atoms with Crippen LogP contribution >= 0.6 is 0 Å². The average Bonchev–Trinajstić information content (AvgIpc) is 3.61. The minimum absolute atomic E-state index is 0.704. The van der Waals surface area contributed by atoms with Gasteiger partial charge in [-0.25, -0.2) is 9.97 Å². The molecule has 2 heterocycles. The monoisotopic (exact) mass is 699 g/mol. The highest BCUT2D eigenvalue weighted by Gasteiger charge is 2.17. The highest BCUT2D eigenvalue weighted by atomic mass is 15.0. The van der Waals surface area contributed by atoms with Crippen LogP contribution in [0.3, 0.4) is 0 Å². The Kier molecular flexibility index (Phi) is 7.17. The summed E-state index contributed by atoms with van der Waals surface area (Å²) in [5.41, 5.74) is 10.8. The molecule has 0 aliphatic rings. The molecule has 256 valence electrons. The lowest BCUT2D eigenvalue weighted by atomic mass is 9.92. The zero-order chi connectivity index (χ0) is 36.3. The molecular formula is C52H33N3. The first-order valence-corrected chi connectivity index (χ1v) is 18.7. The Morgan fingerprint density at radius 1 is 0.327 bits per heavy atom. The van der Waals surface area contributed by atoms with Crippen LogP contribution in [0.2, 0.25) is 0 Å². The van der Waals surface area contributed by atoms with Crippen molar-refractivity contribution in [2.45, 2.75) is 0 Å². The van der Waals surface area contributed by atoms with Gasteiger partial charge in [-0.2, -0.15) is 0 Å². The van der Waals surface area contributed by atoms with Gasteiger partial charge in [-0.05, 0) is 98.0 Å². The number of hydrogen-bond donors (Lipinski definition) is 0. The van der Waals surface area contributed by atoms with Crippen molar-refractivity contribution in [1.29, 1.82) is 0 Å². The number of benzene rings is 9. The molecule has 0 fully saturated rings. The van der Waals surface area contributed by atoms with E-state index in [4.69, 9.17) is 9.97 Å². The highest BCUT2D eigenvalue weighted by molar-refractivity contribution is 6.22. The summed E-state index contributed by atoms with van der Waals surface area (Å²) >= 11 is 0. The number of fused-ring (bicyclic) bond motifs is 8. The van der Waals surface area contributed by atoms with Gasteiger partial charge in [0.15, 0.2) is 5.82 Å². The molecule has 0 saturated carbocycles. The summed E-state index contributed by atoms with van der Waals surface area (Å²) in [7, 11) is 0. The van der Waals surface area contributed by atoms with E-state index < -0.39 is 0 Å². The molecule has 55 heavy (non-hydrogen) atoms. The minimum atomic E-state index is 0.704. The lowest BCUT2D eigenvalue weighted by Gasteiger charge is -2.13. The summed E-state index contributed by atoms with van der Waals surface area (Å²) in [5.74, 6) is 0.704. The lowest BCUT2D eigenvalue weighted by Crippen LogP contribution is -1.97. The van der Waals surface area contributed by atoms with Crippen LogP contribution in [0.15, 0.2) is 200 Å². The molecule has 0 unspecified atom stereocenters. The molecule has 9 aromatic carbocycles. The molecule has 0 saturated heterocycles. The maximum absolute atomic E-state index is 5.07. The van der Waals surface area contributed by atoms with Gasteiger partial charge in [0.2, 0.25) is 0 Å². The largest absolute Gasteiger partial charge is 0.309 e. The fourth-order valence-electron chi connectivity index (χ4n) is 8.39. The van der Waals surface area contributed by atoms with Crippen LogP contribution in [0, 0.1) is 0 Å². The van der Waals surface area contributed by atoms with Gasteiger partial charge >= 0.3 is 0 Å². The highest BCUT2D eigenvalue weighted by Crippen LogP contribution is 2.40. The van der Waals surface area contributed by atoms with Crippen molar-refractivity contribution >= 4 is 54.1 Å². The molecule has 2 aromatic heterocycles. The van der Waals surface area contributed by atoms with Gasteiger partial charge in [0, 0.05) is 33.2 Å². The van der Waals surface area contributed by atoms with Crippen molar-refractivity contribution in [3.8, 4) is 50.7 Å². The first-order valence-electron chi connectivity index (χ1n) is 18.7. The van der Waals surface area contributed by atoms with Gasteiger partial charge in [-0.3, -0.25) is 0 Å². The summed E-state index contributed by atoms with van der Waals surface area (Å²) in [6.07, 6.45) is 0. The molecular weight excluding hydrogens is 667 g/mol. The zero-order valence-corrected chi connectivity index (χ0v) is 29.9. The smallest absolute Gasteiger partial charge is 0.160 e. The van der Waals surface area contributed by atoms with E-state index in [-0.39, 0.29) is 0 Å². The fraction of sp³-hybridized carbons (Fsp3) is 0. The van der Waals surface area contributed by atoms with E-state index in [9.17, 15) is 0 Å². The molecule has 0 bridgehead atoms. The normalized spacial score (nSPS) is 11.6. The van der Waals surface area contributed by atoms with Crippen LogP contribution in [-0.2, 0) is 0 Å². The predicted molar refractivity (Wildman–Crippen MR) is 231 cm³/mol. The Labute approximate surface area is 318 Å². The quantitative estimate of drug-likeness (QED) is 0.167. The van der Waals surface area contributed by atoms with E-state index in [2.05, 4.69) is 193 Å². The van der Waals surface area contributed by atoms with E-state index in [1.807, 2.05) is 12.1 Å². The average molecular weight is 700 g/mol. The fourth-order valence-corrected chi connectivity index (χ4v) is 8.39. The lowest BCUT2D eigenvalue weighted by molar-refractivity contribution is 1.16.